The molecule has 0 radical (unpaired) electrons. The number of benzene rings is 1. The fourth-order valence-electron chi connectivity index (χ4n) is 5.40. The van der Waals surface area contributed by atoms with Crippen molar-refractivity contribution in [2.75, 3.05) is 5.32 Å². The first kappa shape index (κ1) is 22.9. The highest BCUT2D eigenvalue weighted by Gasteiger charge is 2.44. The van der Waals surface area contributed by atoms with E-state index in [1.807, 2.05) is 66.3 Å². The molecule has 10 heteroatoms. The lowest BCUT2D eigenvalue weighted by Crippen LogP contribution is -2.51. The van der Waals surface area contributed by atoms with Gasteiger partial charge < -0.3 is 15.0 Å². The summed E-state index contributed by atoms with van der Waals surface area (Å²) in [5.41, 5.74) is 5.03. The molecular formula is C26H29N7O2S. The maximum atomic E-state index is 12.7. The zero-order valence-corrected chi connectivity index (χ0v) is 21.4. The van der Waals surface area contributed by atoms with Gasteiger partial charge >= 0.3 is 6.09 Å². The predicted molar refractivity (Wildman–Crippen MR) is 139 cm³/mol. The Kier molecular flexibility index (Phi) is 5.63. The lowest BCUT2D eigenvalue weighted by molar-refractivity contribution is 0.00682. The zero-order chi connectivity index (χ0) is 24.9. The molecule has 2 saturated heterocycles. The van der Waals surface area contributed by atoms with E-state index in [-0.39, 0.29) is 24.2 Å². The van der Waals surface area contributed by atoms with E-state index in [9.17, 15) is 4.79 Å². The topological polar surface area (TPSA) is 98.1 Å². The molecule has 2 aliphatic rings. The molecule has 2 unspecified atom stereocenters. The van der Waals surface area contributed by atoms with E-state index in [4.69, 9.17) is 4.74 Å². The molecule has 9 nitrogen and oxygen atoms in total. The van der Waals surface area contributed by atoms with E-state index in [2.05, 4.69) is 31.7 Å². The number of carbonyl (C=O) groups excluding carboxylic acids is 1. The van der Waals surface area contributed by atoms with E-state index in [1.54, 1.807) is 17.5 Å². The van der Waals surface area contributed by atoms with Crippen molar-refractivity contribution in [2.24, 2.45) is 0 Å². The van der Waals surface area contributed by atoms with Crippen LogP contribution in [0.1, 0.15) is 46.5 Å². The molecule has 2 aliphatic heterocycles. The van der Waals surface area contributed by atoms with Gasteiger partial charge in [0.1, 0.15) is 16.9 Å². The summed E-state index contributed by atoms with van der Waals surface area (Å²) in [6, 6.07) is 10.6. The highest BCUT2D eigenvalue weighted by atomic mass is 32.1. The Morgan fingerprint density at radius 2 is 1.92 bits per heavy atom. The van der Waals surface area contributed by atoms with E-state index in [0.717, 1.165) is 58.7 Å². The van der Waals surface area contributed by atoms with Gasteiger partial charge in [0.25, 0.3) is 0 Å². The third-order valence-corrected chi connectivity index (χ3v) is 7.70. The van der Waals surface area contributed by atoms with Crippen molar-refractivity contribution in [3.05, 3.63) is 48.2 Å². The van der Waals surface area contributed by atoms with Gasteiger partial charge in [-0.25, -0.2) is 14.5 Å². The molecule has 2 fully saturated rings. The van der Waals surface area contributed by atoms with Crippen molar-refractivity contribution in [1.29, 1.82) is 0 Å². The summed E-state index contributed by atoms with van der Waals surface area (Å²) in [5.74, 6) is 0.752. The van der Waals surface area contributed by atoms with Crippen molar-refractivity contribution in [1.82, 2.24) is 29.9 Å². The number of rotatable bonds is 4. The first-order chi connectivity index (χ1) is 17.4. The number of nitrogens with one attached hydrogen (secondary N) is 1. The Morgan fingerprint density at radius 3 is 2.58 bits per heavy atom. The summed E-state index contributed by atoms with van der Waals surface area (Å²) >= 11 is 1.59. The highest BCUT2D eigenvalue weighted by molar-refractivity contribution is 7.17. The molecule has 3 aromatic heterocycles. The molecule has 2 atom stereocenters. The number of fused-ring (bicyclic) bond motifs is 3. The van der Waals surface area contributed by atoms with Gasteiger partial charge in [-0.1, -0.05) is 0 Å². The van der Waals surface area contributed by atoms with Gasteiger partial charge in [-0.15, -0.1) is 21.5 Å². The first-order valence-electron chi connectivity index (χ1n) is 12.3. The molecule has 0 aliphatic carbocycles. The number of amides is 1. The number of aromatic nitrogens is 5. The zero-order valence-electron chi connectivity index (χ0n) is 20.6. The van der Waals surface area contributed by atoms with Gasteiger partial charge in [-0.05, 0) is 76.8 Å². The summed E-state index contributed by atoms with van der Waals surface area (Å²) in [5, 5.41) is 16.9. The molecule has 1 N–H and O–H groups in total. The number of nitrogens with zero attached hydrogens (tertiary/aromatic N) is 6. The van der Waals surface area contributed by atoms with Crippen LogP contribution in [0.4, 0.5) is 10.6 Å². The minimum absolute atomic E-state index is 0.189. The molecule has 186 valence electrons. The van der Waals surface area contributed by atoms with Crippen LogP contribution >= 0.6 is 11.3 Å². The lowest BCUT2D eigenvalue weighted by atomic mass is 9.97. The van der Waals surface area contributed by atoms with Crippen LogP contribution in [0.3, 0.4) is 0 Å². The number of anilines is 1. The fraction of sp³-hybridized carbons (Fsp3) is 0.423. The molecule has 0 saturated carbocycles. The van der Waals surface area contributed by atoms with Gasteiger partial charge in [-0.2, -0.15) is 5.10 Å². The van der Waals surface area contributed by atoms with Crippen LogP contribution in [0.2, 0.25) is 0 Å². The number of hydrogen-bond acceptors (Lipinski definition) is 8. The summed E-state index contributed by atoms with van der Waals surface area (Å²) < 4.78 is 8.54. The van der Waals surface area contributed by atoms with E-state index >= 15 is 0 Å². The molecule has 0 spiro atoms. The van der Waals surface area contributed by atoms with Crippen LogP contribution in [0.25, 0.3) is 27.2 Å². The maximum absolute atomic E-state index is 12.7. The number of thiazole rings is 1. The minimum atomic E-state index is -0.479. The third kappa shape index (κ3) is 4.30. The van der Waals surface area contributed by atoms with Gasteiger partial charge in [0.15, 0.2) is 0 Å². The Hall–Kier alpha value is -3.53. The normalized spacial score (nSPS) is 21.6. The van der Waals surface area contributed by atoms with Gasteiger partial charge in [-0.3, -0.25) is 0 Å². The highest BCUT2D eigenvalue weighted by Crippen LogP contribution is 2.38. The summed E-state index contributed by atoms with van der Waals surface area (Å²) in [6.45, 7) is 5.74. The van der Waals surface area contributed by atoms with Crippen LogP contribution in [0, 0.1) is 0 Å². The number of ether oxygens (including phenoxy) is 1. The molecule has 1 aromatic carbocycles. The van der Waals surface area contributed by atoms with Crippen molar-refractivity contribution >= 4 is 33.5 Å². The molecular weight excluding hydrogens is 474 g/mol. The molecule has 6 rings (SSSR count). The van der Waals surface area contributed by atoms with Gasteiger partial charge in [0.05, 0.1) is 21.6 Å². The summed E-state index contributed by atoms with van der Waals surface area (Å²) in [4.78, 5) is 19.3. The maximum Gasteiger partial charge on any atom is 0.410 e. The van der Waals surface area contributed by atoms with Crippen LogP contribution in [0.15, 0.2) is 48.2 Å². The molecule has 4 aromatic rings. The predicted octanol–water partition coefficient (Wildman–Crippen LogP) is 5.28. The standard InChI is InChI=1S/C26H29N7O2S/c1-26(2,3)35-25(34)33-17-5-6-18(33)14-16(13-17)29-22-10-8-20(30-31-22)19-7-9-21(32-12-4-11-28-32)23-24(19)36-15-27-23/h4,7-12,15-18H,5-6,13-14H2,1-3H3,(H,29,31). The van der Waals surface area contributed by atoms with Crippen molar-refractivity contribution < 1.29 is 9.53 Å². The largest absolute Gasteiger partial charge is 0.444 e. The van der Waals surface area contributed by atoms with Crippen LogP contribution in [-0.4, -0.2) is 59.7 Å². The van der Waals surface area contributed by atoms with Crippen molar-refractivity contribution in [3.8, 4) is 16.9 Å². The Bertz CT molecular complexity index is 1360. The number of hydrogen-bond donors (Lipinski definition) is 1. The van der Waals surface area contributed by atoms with Crippen LogP contribution in [-0.2, 0) is 4.74 Å². The second-order valence-electron chi connectivity index (χ2n) is 10.5. The van der Waals surface area contributed by atoms with Gasteiger partial charge in [0, 0.05) is 36.1 Å². The minimum Gasteiger partial charge on any atom is -0.444 e. The smallest absolute Gasteiger partial charge is 0.410 e. The number of piperidine rings is 1. The third-order valence-electron chi connectivity index (χ3n) is 6.84. The first-order valence-corrected chi connectivity index (χ1v) is 13.2. The fourth-order valence-corrected chi connectivity index (χ4v) is 6.24. The lowest BCUT2D eigenvalue weighted by Gasteiger charge is -2.39. The Balaban J connectivity index is 1.16. The SMILES string of the molecule is CC(C)(C)OC(=O)N1C2CCC1CC(Nc1ccc(-c3ccc(-n4cccn4)c4ncsc34)nn1)C2. The second-order valence-corrected chi connectivity index (χ2v) is 11.4. The van der Waals surface area contributed by atoms with Crippen LogP contribution in [0.5, 0.6) is 0 Å². The molecule has 5 heterocycles. The second kappa shape index (κ2) is 8.85. The van der Waals surface area contributed by atoms with E-state index in [1.165, 1.54) is 0 Å². The van der Waals surface area contributed by atoms with E-state index in [0.29, 0.717) is 0 Å². The summed E-state index contributed by atoms with van der Waals surface area (Å²) in [6.07, 6.45) is 7.29. The average Bonchev–Trinajstić information content (AvgIpc) is 3.58. The quantitative estimate of drug-likeness (QED) is 0.404. The average molecular weight is 504 g/mol. The van der Waals surface area contributed by atoms with Crippen molar-refractivity contribution in [3.63, 3.8) is 0 Å². The number of carbonyl (C=O) groups is 1. The molecule has 1 amide bonds. The monoisotopic (exact) mass is 503 g/mol. The Morgan fingerprint density at radius 1 is 1.11 bits per heavy atom. The Labute approximate surface area is 213 Å². The van der Waals surface area contributed by atoms with Gasteiger partial charge in [0.2, 0.25) is 0 Å². The molecule has 36 heavy (non-hydrogen) atoms. The van der Waals surface area contributed by atoms with Crippen LogP contribution < -0.4 is 5.32 Å². The summed E-state index contributed by atoms with van der Waals surface area (Å²) in [7, 11) is 0. The van der Waals surface area contributed by atoms with Crippen molar-refractivity contribution in [2.45, 2.75) is 70.2 Å². The molecule has 2 bridgehead atoms. The van der Waals surface area contributed by atoms with E-state index < -0.39 is 5.60 Å².